The second-order valence-electron chi connectivity index (χ2n) is 6.54. The lowest BCUT2D eigenvalue weighted by molar-refractivity contribution is -0.120. The third kappa shape index (κ3) is 5.04. The number of amides is 1. The van der Waals surface area contributed by atoms with Gasteiger partial charge in [-0.25, -0.2) is 5.43 Å². The minimum atomic E-state index is -0.257. The van der Waals surface area contributed by atoms with Gasteiger partial charge in [0, 0.05) is 21.8 Å². The normalized spacial score (nSPS) is 12.3. The number of hydrogen-bond acceptors (Lipinski definition) is 3. The van der Waals surface area contributed by atoms with Crippen molar-refractivity contribution in [1.82, 2.24) is 9.99 Å². The van der Waals surface area contributed by atoms with E-state index in [9.17, 15) is 4.79 Å². The maximum Gasteiger partial charge on any atom is 0.253 e. The molecule has 0 aliphatic rings. The average Bonchev–Trinajstić information content (AvgIpc) is 2.98. The van der Waals surface area contributed by atoms with Crippen molar-refractivity contribution in [2.24, 2.45) is 5.10 Å². The molecule has 0 radical (unpaired) electrons. The summed E-state index contributed by atoms with van der Waals surface area (Å²) in [6.45, 7) is 5.82. The molecule has 1 heterocycles. The van der Waals surface area contributed by atoms with E-state index in [2.05, 4.69) is 10.5 Å². The van der Waals surface area contributed by atoms with E-state index in [-0.39, 0.29) is 11.2 Å². The fourth-order valence-electron chi connectivity index (χ4n) is 2.97. The predicted octanol–water partition coefficient (Wildman–Crippen LogP) is 6.03. The number of hydrogen-bond donors (Lipinski definition) is 1. The first-order valence-electron chi connectivity index (χ1n) is 9.06. The Balaban J connectivity index is 1.71. The molecule has 29 heavy (non-hydrogen) atoms. The number of aryl methyl sites for hydroxylation is 1. The quantitative estimate of drug-likeness (QED) is 0.285. The molecule has 2 aromatic carbocycles. The number of aromatic nitrogens is 1. The maximum absolute atomic E-state index is 12.3. The van der Waals surface area contributed by atoms with E-state index < -0.39 is 0 Å². The van der Waals surface area contributed by atoms with Gasteiger partial charge in [0.05, 0.1) is 27.2 Å². The number of carbonyl (C=O) groups excluding carboxylic acids is 1. The largest absolute Gasteiger partial charge is 0.316 e. The van der Waals surface area contributed by atoms with Gasteiger partial charge in [-0.15, -0.1) is 11.8 Å². The van der Waals surface area contributed by atoms with Crippen LogP contribution < -0.4 is 5.43 Å². The molecule has 0 bridgehead atoms. The SMILES string of the molecule is Cc1cc(/C=N\NC(=O)[C@H](C)Sc2ccccc2)c(C)n1-c1cccc(Cl)c1Cl. The Hall–Kier alpha value is -2.21. The van der Waals surface area contributed by atoms with Crippen LogP contribution in [0, 0.1) is 13.8 Å². The Labute approximate surface area is 184 Å². The number of benzene rings is 2. The van der Waals surface area contributed by atoms with Gasteiger partial charge in [0.1, 0.15) is 0 Å². The summed E-state index contributed by atoms with van der Waals surface area (Å²) in [5.41, 5.74) is 6.27. The molecule has 3 rings (SSSR count). The van der Waals surface area contributed by atoms with E-state index in [0.717, 1.165) is 27.5 Å². The van der Waals surface area contributed by atoms with Crippen LogP contribution in [0.4, 0.5) is 0 Å². The standard InChI is InChI=1S/C22H21Cl2N3OS/c1-14-12-17(15(2)27(14)20-11-7-10-19(23)21(20)24)13-25-26-22(28)16(3)29-18-8-5-4-6-9-18/h4-13,16H,1-3H3,(H,26,28)/b25-13-/t16-/m0/s1. The number of nitrogens with one attached hydrogen (secondary N) is 1. The topological polar surface area (TPSA) is 46.4 Å². The summed E-state index contributed by atoms with van der Waals surface area (Å²) in [5.74, 6) is -0.151. The highest BCUT2D eigenvalue weighted by atomic mass is 35.5. The lowest BCUT2D eigenvalue weighted by Crippen LogP contribution is -2.26. The third-order valence-corrected chi connectivity index (χ3v) is 6.37. The molecule has 1 amide bonds. The molecule has 0 saturated heterocycles. The van der Waals surface area contributed by atoms with Crippen molar-refractivity contribution in [1.29, 1.82) is 0 Å². The van der Waals surface area contributed by atoms with E-state index in [0.29, 0.717) is 10.0 Å². The van der Waals surface area contributed by atoms with Crippen molar-refractivity contribution in [3.8, 4) is 5.69 Å². The molecule has 4 nitrogen and oxygen atoms in total. The summed E-state index contributed by atoms with van der Waals surface area (Å²) in [6, 6.07) is 17.3. The minimum Gasteiger partial charge on any atom is -0.316 e. The second kappa shape index (κ2) is 9.53. The van der Waals surface area contributed by atoms with Crippen LogP contribution in [0.5, 0.6) is 0 Å². The monoisotopic (exact) mass is 445 g/mol. The fourth-order valence-corrected chi connectivity index (χ4v) is 4.23. The van der Waals surface area contributed by atoms with E-state index in [1.165, 1.54) is 11.8 Å². The van der Waals surface area contributed by atoms with Crippen molar-refractivity contribution in [2.75, 3.05) is 0 Å². The summed E-state index contributed by atoms with van der Waals surface area (Å²) < 4.78 is 2.02. The summed E-state index contributed by atoms with van der Waals surface area (Å²) >= 11 is 14.0. The van der Waals surface area contributed by atoms with Crippen LogP contribution in [0.15, 0.2) is 64.6 Å². The predicted molar refractivity (Wildman–Crippen MR) is 123 cm³/mol. The molecular weight excluding hydrogens is 425 g/mol. The Morgan fingerprint density at radius 1 is 1.14 bits per heavy atom. The molecule has 0 unspecified atom stereocenters. The molecule has 1 aromatic heterocycles. The zero-order valence-electron chi connectivity index (χ0n) is 16.3. The van der Waals surface area contributed by atoms with Crippen LogP contribution in [-0.4, -0.2) is 21.9 Å². The number of rotatable bonds is 6. The van der Waals surface area contributed by atoms with E-state index in [1.54, 1.807) is 12.3 Å². The molecule has 0 aliphatic heterocycles. The van der Waals surface area contributed by atoms with Crippen LogP contribution in [0.3, 0.4) is 0 Å². The number of carbonyl (C=O) groups is 1. The highest BCUT2D eigenvalue weighted by Crippen LogP contribution is 2.31. The van der Waals surface area contributed by atoms with Crippen LogP contribution in [0.1, 0.15) is 23.9 Å². The zero-order chi connectivity index (χ0) is 21.0. The van der Waals surface area contributed by atoms with Crippen molar-refractivity contribution >= 4 is 47.1 Å². The Bertz CT molecular complexity index is 1050. The highest BCUT2D eigenvalue weighted by Gasteiger charge is 2.15. The fraction of sp³-hybridized carbons (Fsp3) is 0.182. The van der Waals surface area contributed by atoms with E-state index in [4.69, 9.17) is 23.2 Å². The second-order valence-corrected chi connectivity index (χ2v) is 8.74. The lowest BCUT2D eigenvalue weighted by atomic mass is 10.2. The van der Waals surface area contributed by atoms with Crippen molar-refractivity contribution in [2.45, 2.75) is 30.9 Å². The van der Waals surface area contributed by atoms with Crippen molar-refractivity contribution < 1.29 is 4.79 Å². The van der Waals surface area contributed by atoms with Crippen LogP contribution in [0.2, 0.25) is 10.0 Å². The summed E-state index contributed by atoms with van der Waals surface area (Å²) in [4.78, 5) is 13.4. The first kappa shape index (κ1) is 21.5. The highest BCUT2D eigenvalue weighted by molar-refractivity contribution is 8.00. The van der Waals surface area contributed by atoms with Gasteiger partial charge in [-0.1, -0.05) is 47.5 Å². The molecule has 7 heteroatoms. The smallest absolute Gasteiger partial charge is 0.253 e. The minimum absolute atomic E-state index is 0.151. The van der Waals surface area contributed by atoms with Crippen molar-refractivity contribution in [3.63, 3.8) is 0 Å². The van der Waals surface area contributed by atoms with Gasteiger partial charge in [0.15, 0.2) is 0 Å². The van der Waals surface area contributed by atoms with Crippen molar-refractivity contribution in [3.05, 3.63) is 81.6 Å². The van der Waals surface area contributed by atoms with Gasteiger partial charge < -0.3 is 4.57 Å². The van der Waals surface area contributed by atoms with Gasteiger partial charge in [0.25, 0.3) is 5.91 Å². The molecule has 0 fully saturated rings. The van der Waals surface area contributed by atoms with Crippen LogP contribution >= 0.6 is 35.0 Å². The first-order chi connectivity index (χ1) is 13.9. The molecule has 150 valence electrons. The average molecular weight is 446 g/mol. The lowest BCUT2D eigenvalue weighted by Gasteiger charge is -2.12. The summed E-state index contributed by atoms with van der Waals surface area (Å²) in [6.07, 6.45) is 1.65. The molecule has 0 aliphatic carbocycles. The number of hydrazone groups is 1. The third-order valence-electron chi connectivity index (χ3n) is 4.45. The number of halogens is 2. The van der Waals surface area contributed by atoms with E-state index >= 15 is 0 Å². The van der Waals surface area contributed by atoms with Crippen LogP contribution in [0.25, 0.3) is 5.69 Å². The molecule has 1 atom stereocenters. The van der Waals surface area contributed by atoms with Crippen LogP contribution in [-0.2, 0) is 4.79 Å². The Morgan fingerprint density at radius 3 is 2.59 bits per heavy atom. The Morgan fingerprint density at radius 2 is 1.86 bits per heavy atom. The molecule has 0 saturated carbocycles. The molecular formula is C22H21Cl2N3OS. The number of nitrogens with zero attached hydrogens (tertiary/aromatic N) is 2. The first-order valence-corrected chi connectivity index (χ1v) is 10.7. The molecule has 0 spiro atoms. The van der Waals surface area contributed by atoms with E-state index in [1.807, 2.05) is 73.9 Å². The van der Waals surface area contributed by atoms with Gasteiger partial charge >= 0.3 is 0 Å². The maximum atomic E-state index is 12.3. The number of thioether (sulfide) groups is 1. The molecule has 3 aromatic rings. The summed E-state index contributed by atoms with van der Waals surface area (Å²) in [5, 5.41) is 4.89. The zero-order valence-corrected chi connectivity index (χ0v) is 18.6. The van der Waals surface area contributed by atoms with Gasteiger partial charge in [-0.05, 0) is 51.1 Å². The van der Waals surface area contributed by atoms with Gasteiger partial charge in [-0.2, -0.15) is 5.10 Å². The summed E-state index contributed by atoms with van der Waals surface area (Å²) in [7, 11) is 0. The van der Waals surface area contributed by atoms with Gasteiger partial charge in [0.2, 0.25) is 0 Å². The molecule has 1 N–H and O–H groups in total. The Kier molecular flexibility index (Phi) is 7.06. The van der Waals surface area contributed by atoms with Gasteiger partial charge in [-0.3, -0.25) is 4.79 Å².